The van der Waals surface area contributed by atoms with Gasteiger partial charge in [-0.15, -0.1) is 0 Å². The predicted molar refractivity (Wildman–Crippen MR) is 148 cm³/mol. The SMILES string of the molecule is CC=NC(/C=C/OC)=C(/C=C(\C)OCCC)C(=NC)NC(C)C1=CC(N)=CCC(CC2(C)CC2)=N1. The van der Waals surface area contributed by atoms with Gasteiger partial charge in [0.2, 0.25) is 0 Å². The van der Waals surface area contributed by atoms with Crippen LogP contribution >= 0.6 is 0 Å². The summed E-state index contributed by atoms with van der Waals surface area (Å²) in [6, 6.07) is -0.126. The smallest absolute Gasteiger partial charge is 0.130 e. The quantitative estimate of drug-likeness (QED) is 0.164. The molecule has 1 aliphatic carbocycles. The van der Waals surface area contributed by atoms with Crippen LogP contribution in [0.3, 0.4) is 0 Å². The van der Waals surface area contributed by atoms with E-state index in [0.29, 0.717) is 23.6 Å². The third-order valence-electron chi connectivity index (χ3n) is 5.97. The fourth-order valence-corrected chi connectivity index (χ4v) is 3.73. The van der Waals surface area contributed by atoms with Crippen LogP contribution in [0, 0.1) is 5.41 Å². The van der Waals surface area contributed by atoms with Gasteiger partial charge in [-0.05, 0) is 70.1 Å². The van der Waals surface area contributed by atoms with Crippen LogP contribution in [0.4, 0.5) is 0 Å². The summed E-state index contributed by atoms with van der Waals surface area (Å²) in [5, 5.41) is 3.55. The van der Waals surface area contributed by atoms with E-state index in [1.165, 1.54) is 18.6 Å². The van der Waals surface area contributed by atoms with Gasteiger partial charge in [0.05, 0.1) is 43.2 Å². The minimum Gasteiger partial charge on any atom is -0.504 e. The predicted octanol–water partition coefficient (Wildman–Crippen LogP) is 5.59. The third kappa shape index (κ3) is 9.23. The van der Waals surface area contributed by atoms with Crippen molar-refractivity contribution in [3.05, 3.63) is 59.0 Å². The first kappa shape index (κ1) is 28.1. The molecule has 3 N–H and O–H groups in total. The minimum atomic E-state index is -0.126. The summed E-state index contributed by atoms with van der Waals surface area (Å²) in [6.07, 6.45) is 16.4. The summed E-state index contributed by atoms with van der Waals surface area (Å²) in [5.74, 6) is 1.46. The Hall–Kier alpha value is -3.09. The molecule has 1 atom stereocenters. The van der Waals surface area contributed by atoms with E-state index in [4.69, 9.17) is 20.2 Å². The van der Waals surface area contributed by atoms with Gasteiger partial charge in [0.25, 0.3) is 0 Å². The molecule has 2 aliphatic rings. The molecule has 35 heavy (non-hydrogen) atoms. The fourth-order valence-electron chi connectivity index (χ4n) is 3.73. The van der Waals surface area contributed by atoms with Gasteiger partial charge in [-0.2, -0.15) is 0 Å². The highest BCUT2D eigenvalue weighted by Crippen LogP contribution is 2.48. The van der Waals surface area contributed by atoms with Crippen molar-refractivity contribution < 1.29 is 9.47 Å². The number of aliphatic imine (C=N–C) groups is 3. The van der Waals surface area contributed by atoms with Gasteiger partial charge in [-0.25, -0.2) is 0 Å². The highest BCUT2D eigenvalue weighted by atomic mass is 16.5. The summed E-state index contributed by atoms with van der Waals surface area (Å²) in [6.45, 7) is 10.9. The Labute approximate surface area is 211 Å². The zero-order valence-corrected chi connectivity index (χ0v) is 22.5. The summed E-state index contributed by atoms with van der Waals surface area (Å²) < 4.78 is 11.0. The Morgan fingerprint density at radius 3 is 2.71 bits per heavy atom. The fraction of sp³-hybridized carbons (Fsp3) is 0.536. The molecule has 0 bridgehead atoms. The molecule has 0 radical (unpaired) electrons. The van der Waals surface area contributed by atoms with Crippen molar-refractivity contribution >= 4 is 17.8 Å². The van der Waals surface area contributed by atoms with Crippen LogP contribution in [-0.4, -0.2) is 44.6 Å². The van der Waals surface area contributed by atoms with Gasteiger partial charge in [0, 0.05) is 36.7 Å². The molecule has 0 aromatic rings. The monoisotopic (exact) mass is 481 g/mol. The van der Waals surface area contributed by atoms with Crippen molar-refractivity contribution in [3.8, 4) is 0 Å². The number of nitrogens with two attached hydrogens (primary N) is 1. The lowest BCUT2D eigenvalue weighted by Gasteiger charge is -2.20. The van der Waals surface area contributed by atoms with Crippen LogP contribution in [0.15, 0.2) is 74.0 Å². The molecule has 0 amide bonds. The van der Waals surface area contributed by atoms with E-state index in [2.05, 4.69) is 42.1 Å². The number of ether oxygens (including phenoxy) is 2. The Morgan fingerprint density at radius 2 is 2.11 bits per heavy atom. The van der Waals surface area contributed by atoms with Crippen LogP contribution in [0.1, 0.15) is 66.7 Å². The maximum atomic E-state index is 6.26. The molecule has 7 heteroatoms. The van der Waals surface area contributed by atoms with Crippen LogP contribution in [0.25, 0.3) is 0 Å². The first-order valence-corrected chi connectivity index (χ1v) is 12.5. The van der Waals surface area contributed by atoms with Crippen molar-refractivity contribution in [2.24, 2.45) is 26.1 Å². The largest absolute Gasteiger partial charge is 0.504 e. The van der Waals surface area contributed by atoms with E-state index in [1.807, 2.05) is 32.1 Å². The first-order chi connectivity index (χ1) is 16.7. The summed E-state index contributed by atoms with van der Waals surface area (Å²) in [4.78, 5) is 14.2. The van der Waals surface area contributed by atoms with Crippen molar-refractivity contribution in [1.82, 2.24) is 5.32 Å². The number of nitrogens with zero attached hydrogens (tertiary/aromatic N) is 3. The number of hydrogen-bond donors (Lipinski definition) is 2. The lowest BCUT2D eigenvalue weighted by molar-refractivity contribution is 0.214. The number of rotatable bonds is 12. The number of allylic oxidation sites excluding steroid dienone is 4. The minimum absolute atomic E-state index is 0.126. The van der Waals surface area contributed by atoms with Gasteiger partial charge >= 0.3 is 0 Å². The van der Waals surface area contributed by atoms with Crippen molar-refractivity contribution in [1.29, 1.82) is 0 Å². The second kappa shape index (κ2) is 13.7. The Bertz CT molecular complexity index is 975. The zero-order chi connectivity index (χ0) is 25.8. The van der Waals surface area contributed by atoms with Crippen LogP contribution < -0.4 is 11.1 Å². The van der Waals surface area contributed by atoms with Crippen LogP contribution in [0.5, 0.6) is 0 Å². The number of methoxy groups -OCH3 is 1. The Balaban J connectivity index is 2.41. The first-order valence-electron chi connectivity index (χ1n) is 12.5. The maximum absolute atomic E-state index is 6.26. The molecule has 1 fully saturated rings. The molecule has 2 rings (SSSR count). The Morgan fingerprint density at radius 1 is 1.37 bits per heavy atom. The molecule has 1 saturated carbocycles. The van der Waals surface area contributed by atoms with Gasteiger partial charge in [-0.3, -0.25) is 15.0 Å². The molecule has 0 aromatic carbocycles. The third-order valence-corrected chi connectivity index (χ3v) is 5.97. The molecule has 0 aromatic heterocycles. The molecule has 0 spiro atoms. The second-order valence-electron chi connectivity index (χ2n) is 9.41. The van der Waals surface area contributed by atoms with E-state index in [0.717, 1.165) is 42.0 Å². The molecule has 1 unspecified atom stereocenters. The average molecular weight is 482 g/mol. The number of amidine groups is 1. The van der Waals surface area contributed by atoms with Crippen molar-refractivity contribution in [3.63, 3.8) is 0 Å². The van der Waals surface area contributed by atoms with Gasteiger partial charge in [-0.1, -0.05) is 19.9 Å². The molecule has 7 nitrogen and oxygen atoms in total. The Kier molecular flexibility index (Phi) is 11.0. The van der Waals surface area contributed by atoms with Crippen LogP contribution in [0.2, 0.25) is 0 Å². The summed E-state index contributed by atoms with van der Waals surface area (Å²) in [7, 11) is 3.37. The van der Waals surface area contributed by atoms with E-state index in [1.54, 1.807) is 26.6 Å². The van der Waals surface area contributed by atoms with Gasteiger partial charge in [0.1, 0.15) is 5.84 Å². The van der Waals surface area contributed by atoms with Gasteiger partial charge in [0.15, 0.2) is 0 Å². The summed E-state index contributed by atoms with van der Waals surface area (Å²) >= 11 is 0. The van der Waals surface area contributed by atoms with Crippen molar-refractivity contribution in [2.75, 3.05) is 20.8 Å². The normalized spacial score (nSPS) is 20.0. The average Bonchev–Trinajstić information content (AvgIpc) is 3.59. The topological polar surface area (TPSA) is 93.6 Å². The molecule has 0 saturated heterocycles. The standard InChI is InChI=1S/C28H43N5O2/c1-8-15-35-20(3)17-24(25(31-9-2)12-16-34-7)27(30-6)32-21(4)26-18-22(29)10-11-23(33-26)19-28(5)13-14-28/h9-10,12,16-18,21H,8,11,13-15,19,29H2,1-7H3,(H,30,32)/b16-12+,20-17+,25-24-,31-9?. The lowest BCUT2D eigenvalue weighted by Crippen LogP contribution is -2.35. The summed E-state index contributed by atoms with van der Waals surface area (Å²) in [5.41, 5.74) is 11.0. The molecule has 1 aliphatic heterocycles. The van der Waals surface area contributed by atoms with Crippen molar-refractivity contribution in [2.45, 2.75) is 72.8 Å². The number of hydrogen-bond acceptors (Lipinski definition) is 6. The molecular formula is C28H43N5O2. The number of nitrogens with one attached hydrogen (secondary N) is 1. The molecule has 192 valence electrons. The highest BCUT2D eigenvalue weighted by Gasteiger charge is 2.38. The van der Waals surface area contributed by atoms with Crippen LogP contribution in [-0.2, 0) is 9.47 Å². The van der Waals surface area contributed by atoms with E-state index >= 15 is 0 Å². The molecular weight excluding hydrogens is 438 g/mol. The maximum Gasteiger partial charge on any atom is 0.130 e. The molecule has 1 heterocycles. The second-order valence-corrected chi connectivity index (χ2v) is 9.41. The van der Waals surface area contributed by atoms with E-state index in [9.17, 15) is 0 Å². The van der Waals surface area contributed by atoms with E-state index in [-0.39, 0.29) is 6.04 Å². The highest BCUT2D eigenvalue weighted by molar-refractivity contribution is 6.02. The van der Waals surface area contributed by atoms with Gasteiger partial charge < -0.3 is 20.5 Å². The van der Waals surface area contributed by atoms with E-state index < -0.39 is 0 Å². The zero-order valence-electron chi connectivity index (χ0n) is 22.5. The lowest BCUT2D eigenvalue weighted by atomic mass is 9.99.